The SMILES string of the molecule is C[C@H](NCc1nccnc1N)c1nc2scc(C#Cc3cnn(C)c3)c2c(=O)n1-c1ccccc1. The van der Waals surface area contributed by atoms with Crippen LogP contribution < -0.4 is 16.6 Å². The summed E-state index contributed by atoms with van der Waals surface area (Å²) in [5, 5.41) is 9.90. The highest BCUT2D eigenvalue weighted by molar-refractivity contribution is 7.17. The Bertz CT molecular complexity index is 1620. The molecule has 0 radical (unpaired) electrons. The van der Waals surface area contributed by atoms with Crippen LogP contribution in [0.15, 0.2) is 65.3 Å². The van der Waals surface area contributed by atoms with E-state index in [0.717, 1.165) is 11.3 Å². The molecule has 4 heterocycles. The number of aromatic nitrogens is 6. The molecule has 0 saturated heterocycles. The van der Waals surface area contributed by atoms with Gasteiger partial charge in [-0.15, -0.1) is 11.3 Å². The lowest BCUT2D eigenvalue weighted by Crippen LogP contribution is -2.30. The van der Waals surface area contributed by atoms with Crippen molar-refractivity contribution in [3.05, 3.63) is 93.5 Å². The van der Waals surface area contributed by atoms with Crippen molar-refractivity contribution in [3.63, 3.8) is 0 Å². The van der Waals surface area contributed by atoms with Gasteiger partial charge in [-0.1, -0.05) is 30.0 Å². The van der Waals surface area contributed by atoms with Crippen molar-refractivity contribution < 1.29 is 0 Å². The van der Waals surface area contributed by atoms with Crippen LogP contribution in [0.25, 0.3) is 15.9 Å². The third-order valence-corrected chi connectivity index (χ3v) is 6.34. The summed E-state index contributed by atoms with van der Waals surface area (Å²) in [5.41, 5.74) is 8.57. The third kappa shape index (κ3) is 4.55. The maximum atomic E-state index is 13.9. The van der Waals surface area contributed by atoms with Crippen LogP contribution in [0.3, 0.4) is 0 Å². The van der Waals surface area contributed by atoms with E-state index in [2.05, 4.69) is 32.2 Å². The molecule has 0 aliphatic heterocycles. The molecule has 0 aliphatic carbocycles. The summed E-state index contributed by atoms with van der Waals surface area (Å²) < 4.78 is 3.33. The molecular formula is C25H22N8OS. The Morgan fingerprint density at radius 1 is 1.17 bits per heavy atom. The van der Waals surface area contributed by atoms with Crippen LogP contribution in [0.2, 0.25) is 0 Å². The van der Waals surface area contributed by atoms with E-state index in [1.54, 1.807) is 27.8 Å². The van der Waals surface area contributed by atoms with Crippen LogP contribution in [0.5, 0.6) is 0 Å². The smallest absolute Gasteiger partial charge is 0.268 e. The van der Waals surface area contributed by atoms with Crippen LogP contribution in [-0.2, 0) is 13.6 Å². The van der Waals surface area contributed by atoms with Crippen molar-refractivity contribution in [2.24, 2.45) is 7.05 Å². The van der Waals surface area contributed by atoms with E-state index >= 15 is 0 Å². The molecule has 0 fully saturated rings. The van der Waals surface area contributed by atoms with Gasteiger partial charge >= 0.3 is 0 Å². The topological polar surface area (TPSA) is 117 Å². The van der Waals surface area contributed by atoms with Crippen molar-refractivity contribution in [1.29, 1.82) is 0 Å². The number of aryl methyl sites for hydroxylation is 1. The fourth-order valence-electron chi connectivity index (χ4n) is 3.70. The van der Waals surface area contributed by atoms with Gasteiger partial charge in [0, 0.05) is 37.6 Å². The highest BCUT2D eigenvalue weighted by Gasteiger charge is 2.20. The van der Waals surface area contributed by atoms with Crippen LogP contribution in [0.4, 0.5) is 5.82 Å². The zero-order chi connectivity index (χ0) is 24.4. The molecule has 174 valence electrons. The largest absolute Gasteiger partial charge is 0.382 e. The second-order valence-corrected chi connectivity index (χ2v) is 8.78. The summed E-state index contributed by atoms with van der Waals surface area (Å²) >= 11 is 1.40. The number of nitrogens with two attached hydrogens (primary N) is 1. The fourth-order valence-corrected chi connectivity index (χ4v) is 4.56. The Hall–Kier alpha value is -4.33. The number of para-hydroxylation sites is 1. The Kier molecular flexibility index (Phi) is 6.10. The molecule has 0 bridgehead atoms. The molecule has 0 spiro atoms. The molecule has 35 heavy (non-hydrogen) atoms. The molecule has 0 saturated carbocycles. The first-order chi connectivity index (χ1) is 17.0. The van der Waals surface area contributed by atoms with Gasteiger partial charge in [0.1, 0.15) is 16.5 Å². The van der Waals surface area contributed by atoms with Gasteiger partial charge in [0.15, 0.2) is 0 Å². The van der Waals surface area contributed by atoms with E-state index < -0.39 is 0 Å². The lowest BCUT2D eigenvalue weighted by Gasteiger charge is -2.19. The Balaban J connectivity index is 1.59. The monoisotopic (exact) mass is 482 g/mol. The van der Waals surface area contributed by atoms with Crippen molar-refractivity contribution in [2.75, 3.05) is 5.73 Å². The summed E-state index contributed by atoms with van der Waals surface area (Å²) in [5.74, 6) is 7.17. The normalized spacial score (nSPS) is 11.8. The predicted octanol–water partition coefficient (Wildman–Crippen LogP) is 2.80. The number of nitrogens with one attached hydrogen (secondary N) is 1. The van der Waals surface area contributed by atoms with Crippen molar-refractivity contribution >= 4 is 27.4 Å². The second kappa shape index (κ2) is 9.50. The molecule has 0 amide bonds. The number of hydrogen-bond acceptors (Lipinski definition) is 8. The molecule has 5 rings (SSSR count). The molecule has 3 N–H and O–H groups in total. The number of rotatable bonds is 5. The van der Waals surface area contributed by atoms with Gasteiger partial charge < -0.3 is 11.1 Å². The minimum absolute atomic E-state index is 0.166. The van der Waals surface area contributed by atoms with Crippen LogP contribution in [-0.4, -0.2) is 29.3 Å². The zero-order valence-electron chi connectivity index (χ0n) is 19.1. The summed E-state index contributed by atoms with van der Waals surface area (Å²) in [6.45, 7) is 2.34. The maximum Gasteiger partial charge on any atom is 0.268 e. The molecule has 0 unspecified atom stereocenters. The average molecular weight is 483 g/mol. The number of nitrogen functional groups attached to an aromatic ring is 1. The second-order valence-electron chi connectivity index (χ2n) is 7.92. The zero-order valence-corrected chi connectivity index (χ0v) is 20.0. The van der Waals surface area contributed by atoms with E-state index in [1.165, 1.54) is 11.3 Å². The minimum Gasteiger partial charge on any atom is -0.382 e. The number of thiophene rings is 1. The van der Waals surface area contributed by atoms with E-state index in [9.17, 15) is 4.79 Å². The molecular weight excluding hydrogens is 460 g/mol. The van der Waals surface area contributed by atoms with Gasteiger partial charge in [0.05, 0.1) is 40.1 Å². The number of fused-ring (bicyclic) bond motifs is 1. The highest BCUT2D eigenvalue weighted by atomic mass is 32.1. The molecule has 0 aliphatic rings. The Morgan fingerprint density at radius 2 is 1.97 bits per heavy atom. The van der Waals surface area contributed by atoms with Gasteiger partial charge in [-0.05, 0) is 19.1 Å². The number of nitrogens with zero attached hydrogens (tertiary/aromatic N) is 6. The van der Waals surface area contributed by atoms with Crippen molar-refractivity contribution in [3.8, 4) is 17.5 Å². The first kappa shape index (κ1) is 22.5. The van der Waals surface area contributed by atoms with E-state index in [0.29, 0.717) is 39.7 Å². The summed E-state index contributed by atoms with van der Waals surface area (Å²) in [4.78, 5) is 27.8. The summed E-state index contributed by atoms with van der Waals surface area (Å²) in [6.07, 6.45) is 6.67. The molecule has 10 heteroatoms. The van der Waals surface area contributed by atoms with Crippen LogP contribution in [0, 0.1) is 11.8 Å². The van der Waals surface area contributed by atoms with Gasteiger partial charge in [-0.2, -0.15) is 5.10 Å². The van der Waals surface area contributed by atoms with Gasteiger partial charge in [0.25, 0.3) is 5.56 Å². The van der Waals surface area contributed by atoms with Crippen LogP contribution in [0.1, 0.15) is 35.6 Å². The van der Waals surface area contributed by atoms with Crippen molar-refractivity contribution in [2.45, 2.75) is 19.5 Å². The molecule has 1 atom stereocenters. The van der Waals surface area contributed by atoms with Crippen LogP contribution >= 0.6 is 11.3 Å². The Labute approximate surface area is 205 Å². The summed E-state index contributed by atoms with van der Waals surface area (Å²) in [7, 11) is 1.84. The van der Waals surface area contributed by atoms with Crippen molar-refractivity contribution in [1.82, 2.24) is 34.6 Å². The standard InChI is InChI=1S/C25H22N8OS/c1-16(29-13-20-22(26)28-11-10-27-20)23-31-24-21(25(34)33(23)19-6-4-3-5-7-19)18(15-35-24)9-8-17-12-30-32(2)14-17/h3-7,10-12,14-16,29H,13H2,1-2H3,(H2,26,28)/t16-/m0/s1. The van der Waals surface area contributed by atoms with E-state index in [1.807, 2.05) is 55.9 Å². The van der Waals surface area contributed by atoms with E-state index in [-0.39, 0.29) is 11.6 Å². The molecule has 4 aromatic heterocycles. The first-order valence-electron chi connectivity index (χ1n) is 10.9. The molecule has 5 aromatic rings. The van der Waals surface area contributed by atoms with E-state index in [4.69, 9.17) is 10.7 Å². The first-order valence-corrected chi connectivity index (χ1v) is 11.8. The summed E-state index contributed by atoms with van der Waals surface area (Å²) in [6, 6.07) is 9.20. The van der Waals surface area contributed by atoms with Gasteiger partial charge in [0.2, 0.25) is 0 Å². The lowest BCUT2D eigenvalue weighted by atomic mass is 10.2. The fraction of sp³-hybridized carbons (Fsp3) is 0.160. The maximum absolute atomic E-state index is 13.9. The molecule has 9 nitrogen and oxygen atoms in total. The predicted molar refractivity (Wildman–Crippen MR) is 136 cm³/mol. The third-order valence-electron chi connectivity index (χ3n) is 5.46. The number of benzene rings is 1. The van der Waals surface area contributed by atoms with Gasteiger partial charge in [-0.3, -0.25) is 19.0 Å². The average Bonchev–Trinajstić information content (AvgIpc) is 3.48. The lowest BCUT2D eigenvalue weighted by molar-refractivity contribution is 0.528. The number of anilines is 1. The minimum atomic E-state index is -0.277. The quantitative estimate of drug-likeness (QED) is 0.370. The number of hydrogen-bond donors (Lipinski definition) is 2. The molecule has 1 aromatic carbocycles. The Morgan fingerprint density at radius 3 is 2.71 bits per heavy atom. The van der Waals surface area contributed by atoms with Gasteiger partial charge in [-0.25, -0.2) is 9.97 Å². The highest BCUT2D eigenvalue weighted by Crippen LogP contribution is 2.25.